The molecule has 1 N–H and O–H groups in total. The summed E-state index contributed by atoms with van der Waals surface area (Å²) >= 11 is 0. The van der Waals surface area contributed by atoms with Crippen LogP contribution < -0.4 is 5.32 Å². The monoisotopic (exact) mass is 222 g/mol. The fourth-order valence-corrected chi connectivity index (χ4v) is 1.09. The van der Waals surface area contributed by atoms with Gasteiger partial charge in [0.25, 0.3) is 6.43 Å². The topological polar surface area (TPSA) is 15.3 Å². The molecule has 0 aliphatic carbocycles. The molecule has 0 aromatic rings. The first-order valence-electron chi connectivity index (χ1n) is 3.50. The normalized spacial score (nSPS) is 18.2. The Labute approximate surface area is 83.5 Å². The third-order valence-corrected chi connectivity index (χ3v) is 1.61. The molecule has 1 fully saturated rings. The molecule has 0 aromatic carbocycles. The van der Waals surface area contributed by atoms with Crippen molar-refractivity contribution >= 4 is 24.8 Å². The highest BCUT2D eigenvalue weighted by Gasteiger charge is 2.13. The Morgan fingerprint density at radius 3 is 2.08 bits per heavy atom. The summed E-state index contributed by atoms with van der Waals surface area (Å²) in [6, 6.07) is 0. The summed E-state index contributed by atoms with van der Waals surface area (Å²) in [5, 5.41) is 3.10. The van der Waals surface area contributed by atoms with Gasteiger partial charge in [-0.3, -0.25) is 4.90 Å². The van der Waals surface area contributed by atoms with E-state index in [0.717, 1.165) is 26.2 Å². The van der Waals surface area contributed by atoms with Gasteiger partial charge in [0.15, 0.2) is 0 Å². The van der Waals surface area contributed by atoms with Gasteiger partial charge in [-0.25, -0.2) is 8.78 Å². The molecular weight excluding hydrogens is 209 g/mol. The molecule has 6 heteroatoms. The lowest BCUT2D eigenvalue weighted by atomic mass is 10.4. The van der Waals surface area contributed by atoms with E-state index in [1.165, 1.54) is 0 Å². The zero-order valence-corrected chi connectivity index (χ0v) is 8.27. The Morgan fingerprint density at radius 2 is 1.67 bits per heavy atom. The molecule has 1 heterocycles. The Kier molecular flexibility index (Phi) is 9.88. The fraction of sp³-hybridized carbons (Fsp3) is 1.00. The van der Waals surface area contributed by atoms with E-state index in [-0.39, 0.29) is 31.4 Å². The second-order valence-electron chi connectivity index (χ2n) is 2.44. The second-order valence-corrected chi connectivity index (χ2v) is 2.44. The standard InChI is InChI=1S/C6H12F2N2.2ClH/c7-6(8)5-10-3-1-9-2-4-10;;/h6,9H,1-5H2;2*1H. The summed E-state index contributed by atoms with van der Waals surface area (Å²) in [7, 11) is 0. The summed E-state index contributed by atoms with van der Waals surface area (Å²) in [4.78, 5) is 1.78. The van der Waals surface area contributed by atoms with E-state index < -0.39 is 6.43 Å². The average Bonchev–Trinajstić information content (AvgIpc) is 1.88. The minimum Gasteiger partial charge on any atom is -0.314 e. The van der Waals surface area contributed by atoms with E-state index >= 15 is 0 Å². The van der Waals surface area contributed by atoms with Crippen molar-refractivity contribution < 1.29 is 8.78 Å². The molecule has 0 aromatic heterocycles. The van der Waals surface area contributed by atoms with Crippen molar-refractivity contribution in [3.8, 4) is 0 Å². The number of piperazine rings is 1. The van der Waals surface area contributed by atoms with Gasteiger partial charge in [0.05, 0.1) is 6.54 Å². The van der Waals surface area contributed by atoms with Gasteiger partial charge in [0.2, 0.25) is 0 Å². The van der Waals surface area contributed by atoms with E-state index in [1.54, 1.807) is 4.90 Å². The highest BCUT2D eigenvalue weighted by atomic mass is 35.5. The van der Waals surface area contributed by atoms with Crippen LogP contribution in [0.1, 0.15) is 0 Å². The van der Waals surface area contributed by atoms with Crippen molar-refractivity contribution in [1.82, 2.24) is 10.2 Å². The van der Waals surface area contributed by atoms with E-state index in [2.05, 4.69) is 5.32 Å². The summed E-state index contributed by atoms with van der Waals surface area (Å²) in [6.07, 6.45) is -2.18. The zero-order chi connectivity index (χ0) is 7.40. The molecule has 76 valence electrons. The summed E-state index contributed by atoms with van der Waals surface area (Å²) in [5.74, 6) is 0. The molecule has 2 nitrogen and oxygen atoms in total. The van der Waals surface area contributed by atoms with Crippen LogP contribution in [0.15, 0.2) is 0 Å². The number of hydrogen-bond acceptors (Lipinski definition) is 2. The molecule has 1 aliphatic rings. The van der Waals surface area contributed by atoms with Crippen molar-refractivity contribution in [2.45, 2.75) is 6.43 Å². The van der Waals surface area contributed by atoms with Gasteiger partial charge in [-0.05, 0) is 0 Å². The largest absolute Gasteiger partial charge is 0.314 e. The van der Waals surface area contributed by atoms with Gasteiger partial charge >= 0.3 is 0 Å². The fourth-order valence-electron chi connectivity index (χ4n) is 1.09. The average molecular weight is 223 g/mol. The van der Waals surface area contributed by atoms with Crippen LogP contribution in [0.3, 0.4) is 0 Å². The van der Waals surface area contributed by atoms with Crippen LogP contribution in [0, 0.1) is 0 Å². The van der Waals surface area contributed by atoms with Crippen LogP contribution in [0.2, 0.25) is 0 Å². The van der Waals surface area contributed by atoms with Crippen LogP contribution in [0.5, 0.6) is 0 Å². The van der Waals surface area contributed by atoms with E-state index in [4.69, 9.17) is 0 Å². The molecule has 0 radical (unpaired) electrons. The zero-order valence-electron chi connectivity index (χ0n) is 6.63. The van der Waals surface area contributed by atoms with Crippen molar-refractivity contribution in [3.63, 3.8) is 0 Å². The van der Waals surface area contributed by atoms with Crippen LogP contribution >= 0.6 is 24.8 Å². The van der Waals surface area contributed by atoms with Crippen LogP contribution in [-0.4, -0.2) is 44.0 Å². The Hall–Kier alpha value is 0.360. The minimum absolute atomic E-state index is 0. The number of nitrogens with one attached hydrogen (secondary N) is 1. The van der Waals surface area contributed by atoms with Gasteiger partial charge < -0.3 is 5.32 Å². The third kappa shape index (κ3) is 5.94. The second kappa shape index (κ2) is 7.98. The number of rotatable bonds is 2. The molecule has 0 spiro atoms. The van der Waals surface area contributed by atoms with Gasteiger partial charge in [-0.1, -0.05) is 0 Å². The first-order valence-corrected chi connectivity index (χ1v) is 3.50. The van der Waals surface area contributed by atoms with Crippen LogP contribution in [0.25, 0.3) is 0 Å². The van der Waals surface area contributed by atoms with Crippen molar-refractivity contribution in [2.24, 2.45) is 0 Å². The highest BCUT2D eigenvalue weighted by molar-refractivity contribution is 5.85. The molecule has 0 bridgehead atoms. The summed E-state index contributed by atoms with van der Waals surface area (Å²) in [6.45, 7) is 3.12. The quantitative estimate of drug-likeness (QED) is 0.751. The number of hydrogen-bond donors (Lipinski definition) is 1. The number of halogens is 4. The number of nitrogens with zero attached hydrogens (tertiary/aromatic N) is 1. The molecule has 1 saturated heterocycles. The lowest BCUT2D eigenvalue weighted by molar-refractivity contribution is 0.0822. The Balaban J connectivity index is 0. The van der Waals surface area contributed by atoms with Crippen molar-refractivity contribution in [1.29, 1.82) is 0 Å². The van der Waals surface area contributed by atoms with E-state index in [9.17, 15) is 8.78 Å². The number of alkyl halides is 2. The molecule has 0 saturated carbocycles. The molecular formula is C6H14Cl2F2N2. The molecule has 12 heavy (non-hydrogen) atoms. The molecule has 1 aliphatic heterocycles. The van der Waals surface area contributed by atoms with E-state index in [1.807, 2.05) is 0 Å². The first-order chi connectivity index (χ1) is 4.79. The minimum atomic E-state index is -2.18. The van der Waals surface area contributed by atoms with Crippen LogP contribution in [-0.2, 0) is 0 Å². The predicted octanol–water partition coefficient (Wildman–Crippen LogP) is 1.00. The SMILES string of the molecule is Cl.Cl.FC(F)CN1CCNCC1. The van der Waals surface area contributed by atoms with Gasteiger partial charge in [0, 0.05) is 26.2 Å². The lowest BCUT2D eigenvalue weighted by Crippen LogP contribution is -2.45. The highest BCUT2D eigenvalue weighted by Crippen LogP contribution is 1.98. The molecule has 0 atom stereocenters. The molecule has 0 amide bonds. The summed E-state index contributed by atoms with van der Waals surface area (Å²) in [5.41, 5.74) is 0. The predicted molar refractivity (Wildman–Crippen MR) is 49.8 cm³/mol. The van der Waals surface area contributed by atoms with Gasteiger partial charge in [-0.2, -0.15) is 0 Å². The van der Waals surface area contributed by atoms with Crippen LogP contribution in [0.4, 0.5) is 8.78 Å². The van der Waals surface area contributed by atoms with Gasteiger partial charge in [-0.15, -0.1) is 24.8 Å². The molecule has 1 rings (SSSR count). The maximum absolute atomic E-state index is 11.8. The molecule has 0 unspecified atom stereocenters. The third-order valence-electron chi connectivity index (χ3n) is 1.61. The maximum atomic E-state index is 11.8. The van der Waals surface area contributed by atoms with E-state index in [0.29, 0.717) is 0 Å². The Morgan fingerprint density at radius 1 is 1.17 bits per heavy atom. The smallest absolute Gasteiger partial charge is 0.251 e. The van der Waals surface area contributed by atoms with Gasteiger partial charge in [0.1, 0.15) is 0 Å². The Bertz CT molecular complexity index is 99.5. The maximum Gasteiger partial charge on any atom is 0.251 e. The summed E-state index contributed by atoms with van der Waals surface area (Å²) < 4.78 is 23.5. The lowest BCUT2D eigenvalue weighted by Gasteiger charge is -2.26. The van der Waals surface area contributed by atoms with Crippen molar-refractivity contribution in [3.05, 3.63) is 0 Å². The van der Waals surface area contributed by atoms with Crippen molar-refractivity contribution in [2.75, 3.05) is 32.7 Å². The first kappa shape index (κ1) is 14.9.